The first kappa shape index (κ1) is 22.8. The van der Waals surface area contributed by atoms with Gasteiger partial charge in [0.2, 0.25) is 10.0 Å². The van der Waals surface area contributed by atoms with Gasteiger partial charge in [-0.2, -0.15) is 0 Å². The third-order valence-electron chi connectivity index (χ3n) is 5.01. The predicted octanol–water partition coefficient (Wildman–Crippen LogP) is 2.82. The molecule has 2 aromatic rings. The molecule has 2 aromatic carbocycles. The summed E-state index contributed by atoms with van der Waals surface area (Å²) in [5.74, 6) is -3.27. The van der Waals surface area contributed by atoms with Crippen LogP contribution in [0.5, 0.6) is 0 Å². The molecular weight excluding hydrogens is 431 g/mol. The number of hydrogen-bond acceptors (Lipinski definition) is 4. The molecule has 0 aliphatic carbocycles. The highest BCUT2D eigenvalue weighted by Crippen LogP contribution is 2.25. The SMILES string of the molecule is C=CCNS(=O)(=O)c1cc(C(=O)NCC2CCN(c3ccc(F)c(F)c3)C2)ccc1F. The van der Waals surface area contributed by atoms with Crippen LogP contribution >= 0.6 is 0 Å². The highest BCUT2D eigenvalue weighted by molar-refractivity contribution is 7.89. The maximum Gasteiger partial charge on any atom is 0.251 e. The highest BCUT2D eigenvalue weighted by atomic mass is 32.2. The van der Waals surface area contributed by atoms with Crippen molar-refractivity contribution in [2.24, 2.45) is 5.92 Å². The summed E-state index contributed by atoms with van der Waals surface area (Å²) < 4.78 is 67.1. The Morgan fingerprint density at radius 3 is 2.58 bits per heavy atom. The van der Waals surface area contributed by atoms with E-state index < -0.39 is 38.3 Å². The molecule has 10 heteroatoms. The van der Waals surface area contributed by atoms with Gasteiger partial charge in [-0.25, -0.2) is 26.3 Å². The van der Waals surface area contributed by atoms with Crippen molar-refractivity contribution >= 4 is 21.6 Å². The number of carbonyl (C=O) groups is 1. The van der Waals surface area contributed by atoms with E-state index in [9.17, 15) is 26.4 Å². The monoisotopic (exact) mass is 453 g/mol. The van der Waals surface area contributed by atoms with Gasteiger partial charge in [-0.15, -0.1) is 6.58 Å². The maximum atomic E-state index is 14.0. The molecule has 2 N–H and O–H groups in total. The van der Waals surface area contributed by atoms with Gasteiger partial charge in [-0.05, 0) is 42.7 Å². The van der Waals surface area contributed by atoms with Crippen LogP contribution in [0, 0.1) is 23.4 Å². The molecule has 1 heterocycles. The Bertz CT molecular complexity index is 1090. The minimum absolute atomic E-state index is 0.0100. The van der Waals surface area contributed by atoms with Gasteiger partial charge in [0.05, 0.1) is 0 Å². The number of sulfonamides is 1. The molecule has 6 nitrogen and oxygen atoms in total. The number of benzene rings is 2. The molecule has 0 radical (unpaired) electrons. The summed E-state index contributed by atoms with van der Waals surface area (Å²) in [6.45, 7) is 4.79. The second-order valence-electron chi connectivity index (χ2n) is 7.19. The summed E-state index contributed by atoms with van der Waals surface area (Å²) >= 11 is 0. The van der Waals surface area contributed by atoms with E-state index in [0.717, 1.165) is 30.7 Å². The Hall–Kier alpha value is -2.85. The van der Waals surface area contributed by atoms with Crippen molar-refractivity contribution in [1.29, 1.82) is 0 Å². The van der Waals surface area contributed by atoms with E-state index in [1.54, 1.807) is 0 Å². The van der Waals surface area contributed by atoms with E-state index in [-0.39, 0.29) is 18.0 Å². The number of amides is 1. The molecular formula is C21H22F3N3O3S. The molecule has 0 bridgehead atoms. The zero-order valence-electron chi connectivity index (χ0n) is 16.6. The van der Waals surface area contributed by atoms with E-state index in [1.807, 2.05) is 4.90 Å². The van der Waals surface area contributed by atoms with Gasteiger partial charge in [0.25, 0.3) is 5.91 Å². The molecule has 1 aliphatic rings. The van der Waals surface area contributed by atoms with Crippen LogP contribution in [-0.4, -0.2) is 40.5 Å². The van der Waals surface area contributed by atoms with E-state index in [4.69, 9.17) is 0 Å². The topological polar surface area (TPSA) is 78.5 Å². The maximum absolute atomic E-state index is 14.0. The quantitative estimate of drug-likeness (QED) is 0.603. The lowest BCUT2D eigenvalue weighted by molar-refractivity contribution is 0.0948. The van der Waals surface area contributed by atoms with Gasteiger partial charge >= 0.3 is 0 Å². The van der Waals surface area contributed by atoms with Crippen molar-refractivity contribution in [2.75, 3.05) is 31.1 Å². The summed E-state index contributed by atoms with van der Waals surface area (Å²) in [5.41, 5.74) is 0.573. The molecule has 1 unspecified atom stereocenters. The lowest BCUT2D eigenvalue weighted by Gasteiger charge is -2.19. The van der Waals surface area contributed by atoms with E-state index in [2.05, 4.69) is 16.6 Å². The third-order valence-corrected chi connectivity index (χ3v) is 6.44. The zero-order valence-corrected chi connectivity index (χ0v) is 17.4. The molecule has 1 fully saturated rings. The van der Waals surface area contributed by atoms with E-state index >= 15 is 0 Å². The smallest absolute Gasteiger partial charge is 0.251 e. The molecule has 3 rings (SSSR count). The standard InChI is InChI=1S/C21H22F3N3O3S/c1-2-8-26-31(29,30)20-10-15(3-5-18(20)23)21(28)25-12-14-7-9-27(13-14)16-4-6-17(22)19(24)11-16/h2-6,10-11,14,26H,1,7-9,12-13H2,(H,25,28). The first-order chi connectivity index (χ1) is 14.7. The summed E-state index contributed by atoms with van der Waals surface area (Å²) in [6, 6.07) is 6.83. The lowest BCUT2D eigenvalue weighted by Crippen LogP contribution is -2.31. The van der Waals surface area contributed by atoms with Crippen LogP contribution in [0.3, 0.4) is 0 Å². The number of anilines is 1. The Morgan fingerprint density at radius 1 is 1.13 bits per heavy atom. The fourth-order valence-corrected chi connectivity index (χ4v) is 4.45. The highest BCUT2D eigenvalue weighted by Gasteiger charge is 2.25. The largest absolute Gasteiger partial charge is 0.371 e. The van der Waals surface area contributed by atoms with E-state index in [1.165, 1.54) is 18.2 Å². The van der Waals surface area contributed by atoms with Gasteiger partial charge in [0.1, 0.15) is 10.7 Å². The normalized spacial score (nSPS) is 16.4. The average molecular weight is 453 g/mol. The second kappa shape index (κ2) is 9.52. The van der Waals surface area contributed by atoms with Crippen LogP contribution < -0.4 is 14.9 Å². The fraction of sp³-hybridized carbons (Fsp3) is 0.286. The average Bonchev–Trinajstić information content (AvgIpc) is 3.22. The van der Waals surface area contributed by atoms with Crippen molar-refractivity contribution in [2.45, 2.75) is 11.3 Å². The van der Waals surface area contributed by atoms with Crippen LogP contribution in [-0.2, 0) is 10.0 Å². The molecule has 0 saturated carbocycles. The summed E-state index contributed by atoms with van der Waals surface area (Å²) in [7, 11) is -4.12. The molecule has 1 aliphatic heterocycles. The van der Waals surface area contributed by atoms with Gasteiger partial charge in [0.15, 0.2) is 11.6 Å². The van der Waals surface area contributed by atoms with Crippen LogP contribution in [0.15, 0.2) is 53.9 Å². The molecule has 1 amide bonds. The summed E-state index contributed by atoms with van der Waals surface area (Å²) in [4.78, 5) is 13.7. The predicted molar refractivity (Wildman–Crippen MR) is 111 cm³/mol. The molecule has 166 valence electrons. The minimum Gasteiger partial charge on any atom is -0.371 e. The summed E-state index contributed by atoms with van der Waals surface area (Å²) in [5, 5.41) is 2.72. The van der Waals surface area contributed by atoms with Crippen LogP contribution in [0.4, 0.5) is 18.9 Å². The Morgan fingerprint density at radius 2 is 1.87 bits per heavy atom. The van der Waals surface area contributed by atoms with Crippen LogP contribution in [0.2, 0.25) is 0 Å². The molecule has 1 atom stereocenters. The Labute approximate surface area is 178 Å². The lowest BCUT2D eigenvalue weighted by atomic mass is 10.1. The zero-order chi connectivity index (χ0) is 22.6. The number of nitrogens with zero attached hydrogens (tertiary/aromatic N) is 1. The number of hydrogen-bond donors (Lipinski definition) is 2. The second-order valence-corrected chi connectivity index (χ2v) is 8.93. The Balaban J connectivity index is 1.62. The van der Waals surface area contributed by atoms with Crippen molar-refractivity contribution in [1.82, 2.24) is 10.0 Å². The van der Waals surface area contributed by atoms with Gasteiger partial charge < -0.3 is 10.2 Å². The molecule has 31 heavy (non-hydrogen) atoms. The number of halogens is 3. The third kappa shape index (κ3) is 5.45. The first-order valence-corrected chi connectivity index (χ1v) is 11.1. The fourth-order valence-electron chi connectivity index (χ4n) is 3.35. The first-order valence-electron chi connectivity index (χ1n) is 9.59. The van der Waals surface area contributed by atoms with Gasteiger partial charge in [0, 0.05) is 43.5 Å². The van der Waals surface area contributed by atoms with Crippen molar-refractivity contribution < 1.29 is 26.4 Å². The van der Waals surface area contributed by atoms with Gasteiger partial charge in [-0.3, -0.25) is 4.79 Å². The number of nitrogens with one attached hydrogen (secondary N) is 2. The van der Waals surface area contributed by atoms with Crippen molar-refractivity contribution in [3.05, 3.63) is 72.1 Å². The Kier molecular flexibility index (Phi) is 7.01. The number of rotatable bonds is 8. The minimum atomic E-state index is -4.12. The molecule has 0 aromatic heterocycles. The van der Waals surface area contributed by atoms with E-state index in [0.29, 0.717) is 25.3 Å². The van der Waals surface area contributed by atoms with Crippen molar-refractivity contribution in [3.8, 4) is 0 Å². The van der Waals surface area contributed by atoms with Crippen molar-refractivity contribution in [3.63, 3.8) is 0 Å². The van der Waals surface area contributed by atoms with Gasteiger partial charge in [-0.1, -0.05) is 6.08 Å². The van der Waals surface area contributed by atoms with Crippen LogP contribution in [0.1, 0.15) is 16.8 Å². The molecule has 1 saturated heterocycles. The van der Waals surface area contributed by atoms with Crippen LogP contribution in [0.25, 0.3) is 0 Å². The molecule has 0 spiro atoms. The number of carbonyl (C=O) groups excluding carboxylic acids is 1. The summed E-state index contributed by atoms with van der Waals surface area (Å²) in [6.07, 6.45) is 2.05.